The Kier molecular flexibility index (Phi) is 4.36. The van der Waals surface area contributed by atoms with Crippen LogP contribution in [0.15, 0.2) is 0 Å². The molecule has 0 saturated heterocycles. The van der Waals surface area contributed by atoms with Gasteiger partial charge in [-0.25, -0.2) is 14.8 Å². The molecule has 0 aromatic carbocycles. The van der Waals surface area contributed by atoms with E-state index in [0.29, 0.717) is 29.5 Å². The Morgan fingerprint density at radius 1 is 1.12 bits per heavy atom. The molecule has 0 unspecified atom stereocenters. The molecule has 1 fully saturated rings. The van der Waals surface area contributed by atoms with Crippen LogP contribution in [-0.2, 0) is 17.6 Å². The lowest BCUT2D eigenvalue weighted by Crippen LogP contribution is -2.17. The van der Waals surface area contributed by atoms with Gasteiger partial charge in [-0.3, -0.25) is 0 Å². The van der Waals surface area contributed by atoms with Gasteiger partial charge in [-0.15, -0.1) is 0 Å². The number of hydrogen-bond acceptors (Lipinski definition) is 5. The van der Waals surface area contributed by atoms with Gasteiger partial charge in [-0.2, -0.15) is 0 Å². The van der Waals surface area contributed by atoms with E-state index in [4.69, 9.17) is 20.4 Å². The number of carbonyl (C=O) groups is 1. The van der Waals surface area contributed by atoms with Gasteiger partial charge >= 0.3 is 5.97 Å². The van der Waals surface area contributed by atoms with Gasteiger partial charge in [0.25, 0.3) is 0 Å². The summed E-state index contributed by atoms with van der Waals surface area (Å²) in [5, 5.41) is 0. The minimum absolute atomic E-state index is 0.301. The van der Waals surface area contributed by atoms with E-state index in [-0.39, 0.29) is 5.97 Å². The van der Waals surface area contributed by atoms with Crippen molar-refractivity contribution in [1.29, 1.82) is 0 Å². The molecule has 2 aromatic heterocycles. The number of nitrogen functional groups attached to an aromatic ring is 1. The molecule has 1 saturated carbocycles. The van der Waals surface area contributed by atoms with E-state index in [1.165, 1.54) is 19.3 Å². The molecule has 6 nitrogen and oxygen atoms in total. The highest BCUT2D eigenvalue weighted by atomic mass is 16.5. The van der Waals surface area contributed by atoms with Gasteiger partial charge in [-0.05, 0) is 45.4 Å². The third-order valence-electron chi connectivity index (χ3n) is 5.51. The minimum atomic E-state index is -0.385. The first kappa shape index (κ1) is 16.4. The minimum Gasteiger partial charge on any atom is -0.462 e. The number of nitrogens with zero attached hydrogens (tertiary/aromatic N) is 3. The topological polar surface area (TPSA) is 83.0 Å². The van der Waals surface area contributed by atoms with Crippen LogP contribution in [0.3, 0.4) is 0 Å². The number of aryl methyl sites for hydroxylation is 2. The summed E-state index contributed by atoms with van der Waals surface area (Å²) in [4.78, 5) is 22.3. The zero-order chi connectivity index (χ0) is 17.4. The Morgan fingerprint density at radius 3 is 2.48 bits per heavy atom. The molecule has 2 aliphatic carbocycles. The van der Waals surface area contributed by atoms with Gasteiger partial charge in [0.15, 0.2) is 5.65 Å². The second-order valence-corrected chi connectivity index (χ2v) is 7.14. The lowest BCUT2D eigenvalue weighted by atomic mass is 9.95. The highest BCUT2D eigenvalue weighted by Crippen LogP contribution is 2.37. The fourth-order valence-electron chi connectivity index (χ4n) is 4.28. The van der Waals surface area contributed by atoms with E-state index >= 15 is 0 Å². The Bertz CT molecular complexity index is 806. The molecule has 0 atom stereocenters. The predicted octanol–water partition coefficient (Wildman–Crippen LogP) is 3.57. The van der Waals surface area contributed by atoms with Crippen LogP contribution in [0.25, 0.3) is 11.2 Å². The SMILES string of the molecule is CCOC(=O)c1c(N)n(C2CCCCC2)c2nc3c(nc12)CCCC3. The van der Waals surface area contributed by atoms with Gasteiger partial charge in [-0.1, -0.05) is 19.3 Å². The number of ether oxygens (including phenoxy) is 1. The normalized spacial score (nSPS) is 18.3. The molecule has 0 bridgehead atoms. The fraction of sp³-hybridized carbons (Fsp3) is 0.632. The van der Waals surface area contributed by atoms with Crippen molar-refractivity contribution in [3.63, 3.8) is 0 Å². The summed E-state index contributed by atoms with van der Waals surface area (Å²) in [6, 6.07) is 0.301. The van der Waals surface area contributed by atoms with E-state index in [0.717, 1.165) is 55.6 Å². The number of anilines is 1. The van der Waals surface area contributed by atoms with Crippen molar-refractivity contribution < 1.29 is 9.53 Å². The zero-order valence-electron chi connectivity index (χ0n) is 14.9. The highest BCUT2D eigenvalue weighted by molar-refractivity contribution is 6.07. The van der Waals surface area contributed by atoms with Crippen LogP contribution in [0.2, 0.25) is 0 Å². The molecular formula is C19H26N4O2. The average Bonchev–Trinajstić information content (AvgIpc) is 2.91. The fourth-order valence-corrected chi connectivity index (χ4v) is 4.28. The predicted molar refractivity (Wildman–Crippen MR) is 96.7 cm³/mol. The summed E-state index contributed by atoms with van der Waals surface area (Å²) < 4.78 is 7.33. The van der Waals surface area contributed by atoms with Gasteiger partial charge in [0.1, 0.15) is 16.9 Å². The third kappa shape index (κ3) is 2.77. The molecule has 134 valence electrons. The Hall–Kier alpha value is -2.11. The third-order valence-corrected chi connectivity index (χ3v) is 5.51. The summed E-state index contributed by atoms with van der Waals surface area (Å²) in [5.41, 5.74) is 10.4. The summed E-state index contributed by atoms with van der Waals surface area (Å²) in [7, 11) is 0. The molecule has 0 amide bonds. The summed E-state index contributed by atoms with van der Waals surface area (Å²) in [5.74, 6) is 0.0901. The van der Waals surface area contributed by atoms with Crippen molar-refractivity contribution in [3.8, 4) is 0 Å². The number of rotatable bonds is 3. The first-order valence-corrected chi connectivity index (χ1v) is 9.57. The van der Waals surface area contributed by atoms with Gasteiger partial charge < -0.3 is 15.0 Å². The first-order chi connectivity index (χ1) is 12.2. The molecular weight excluding hydrogens is 316 g/mol. The quantitative estimate of drug-likeness (QED) is 0.862. The van der Waals surface area contributed by atoms with E-state index in [2.05, 4.69) is 4.57 Å². The molecule has 25 heavy (non-hydrogen) atoms. The molecule has 4 rings (SSSR count). The lowest BCUT2D eigenvalue weighted by Gasteiger charge is -2.25. The van der Waals surface area contributed by atoms with Crippen molar-refractivity contribution in [2.24, 2.45) is 0 Å². The monoisotopic (exact) mass is 342 g/mol. The summed E-state index contributed by atoms with van der Waals surface area (Å²) >= 11 is 0. The number of fused-ring (bicyclic) bond motifs is 2. The van der Waals surface area contributed by atoms with Crippen LogP contribution < -0.4 is 5.73 Å². The second-order valence-electron chi connectivity index (χ2n) is 7.14. The Balaban J connectivity index is 1.92. The first-order valence-electron chi connectivity index (χ1n) is 9.57. The number of hydrogen-bond donors (Lipinski definition) is 1. The maximum atomic E-state index is 12.6. The van der Waals surface area contributed by atoms with Crippen molar-refractivity contribution in [3.05, 3.63) is 17.0 Å². The largest absolute Gasteiger partial charge is 0.462 e. The van der Waals surface area contributed by atoms with E-state index in [1.807, 2.05) is 6.92 Å². The Labute approximate surface area is 147 Å². The molecule has 0 spiro atoms. The average molecular weight is 342 g/mol. The summed E-state index contributed by atoms with van der Waals surface area (Å²) in [6.07, 6.45) is 9.97. The molecule has 0 radical (unpaired) electrons. The number of carbonyl (C=O) groups excluding carboxylic acids is 1. The van der Waals surface area contributed by atoms with Crippen molar-refractivity contribution in [2.45, 2.75) is 70.8 Å². The molecule has 0 aliphatic heterocycles. The van der Waals surface area contributed by atoms with E-state index in [1.54, 1.807) is 0 Å². The number of aromatic nitrogens is 3. The van der Waals surface area contributed by atoms with Gasteiger partial charge in [0, 0.05) is 6.04 Å². The lowest BCUT2D eigenvalue weighted by molar-refractivity contribution is 0.0529. The van der Waals surface area contributed by atoms with Crippen LogP contribution in [0.5, 0.6) is 0 Å². The Morgan fingerprint density at radius 2 is 1.80 bits per heavy atom. The van der Waals surface area contributed by atoms with Crippen LogP contribution >= 0.6 is 0 Å². The van der Waals surface area contributed by atoms with Crippen LogP contribution in [-0.4, -0.2) is 27.1 Å². The standard InChI is InChI=1S/C19H26N4O2/c1-2-25-19(24)15-16-18(22-14-11-7-6-10-13(14)21-16)23(17(15)20)12-8-4-3-5-9-12/h12H,2-11,20H2,1H3. The smallest absolute Gasteiger partial charge is 0.344 e. The van der Waals surface area contributed by atoms with Crippen molar-refractivity contribution in [1.82, 2.24) is 14.5 Å². The van der Waals surface area contributed by atoms with Gasteiger partial charge in [0.2, 0.25) is 0 Å². The van der Waals surface area contributed by atoms with Crippen molar-refractivity contribution in [2.75, 3.05) is 12.3 Å². The molecule has 2 heterocycles. The van der Waals surface area contributed by atoms with Crippen LogP contribution in [0.1, 0.15) is 79.7 Å². The van der Waals surface area contributed by atoms with E-state index < -0.39 is 0 Å². The second kappa shape index (κ2) is 6.65. The highest BCUT2D eigenvalue weighted by Gasteiger charge is 2.30. The maximum Gasteiger partial charge on any atom is 0.344 e. The molecule has 2 N–H and O–H groups in total. The number of esters is 1. The van der Waals surface area contributed by atoms with Crippen LogP contribution in [0, 0.1) is 0 Å². The zero-order valence-corrected chi connectivity index (χ0v) is 14.9. The molecule has 2 aliphatic rings. The number of nitrogens with two attached hydrogens (primary N) is 1. The van der Waals surface area contributed by atoms with E-state index in [9.17, 15) is 4.79 Å². The molecule has 6 heteroatoms. The van der Waals surface area contributed by atoms with Crippen molar-refractivity contribution >= 4 is 23.0 Å². The molecule has 2 aromatic rings. The van der Waals surface area contributed by atoms with Gasteiger partial charge in [0.05, 0.1) is 18.0 Å². The van der Waals surface area contributed by atoms with Crippen LogP contribution in [0.4, 0.5) is 5.82 Å². The maximum absolute atomic E-state index is 12.6. The summed E-state index contributed by atoms with van der Waals surface area (Å²) in [6.45, 7) is 2.13.